The van der Waals surface area contributed by atoms with Crippen LogP contribution in [0, 0.1) is 5.92 Å². The lowest BCUT2D eigenvalue weighted by atomic mass is 9.95. The van der Waals surface area contributed by atoms with Crippen molar-refractivity contribution in [2.45, 2.75) is 31.7 Å². The zero-order valence-electron chi connectivity index (χ0n) is 22.1. The number of carbonyl (C=O) groups is 3. The molecule has 0 unspecified atom stereocenters. The molecule has 3 aliphatic rings. The molecule has 8 nitrogen and oxygen atoms in total. The van der Waals surface area contributed by atoms with Gasteiger partial charge in [0.15, 0.2) is 0 Å². The van der Waals surface area contributed by atoms with Crippen LogP contribution in [-0.4, -0.2) is 91.6 Å². The third-order valence-electron chi connectivity index (χ3n) is 8.15. The highest BCUT2D eigenvalue weighted by molar-refractivity contribution is 6.36. The minimum atomic E-state index is -0.313. The van der Waals surface area contributed by atoms with Gasteiger partial charge in [-0.3, -0.25) is 9.59 Å². The Morgan fingerprint density at radius 3 is 2.15 bits per heavy atom. The van der Waals surface area contributed by atoms with E-state index in [0.717, 1.165) is 49.0 Å². The van der Waals surface area contributed by atoms with Gasteiger partial charge in [0, 0.05) is 73.4 Å². The molecule has 5 rings (SSSR count). The van der Waals surface area contributed by atoms with E-state index >= 15 is 0 Å². The van der Waals surface area contributed by atoms with Crippen LogP contribution in [0.2, 0.25) is 10.0 Å². The standard InChI is InChI=1S/C29H34Cl2N4O4/c1-39-29(38)34-11-7-23(8-12-34)35-13-6-21(28(35)37)16-24-25(30)17-22(18-26(24)31)19-2-4-20(5-3-19)27(36)33-14-9-32-10-15-33/h2-5,17-18,21,23,32H,6-16H2,1H3/t21-/m0/s1. The molecule has 10 heteroatoms. The lowest BCUT2D eigenvalue weighted by Crippen LogP contribution is -2.47. The fourth-order valence-corrected chi connectivity index (χ4v) is 6.51. The Kier molecular flexibility index (Phi) is 8.64. The molecule has 208 valence electrons. The Labute approximate surface area is 239 Å². The predicted octanol–water partition coefficient (Wildman–Crippen LogP) is 4.33. The maximum absolute atomic E-state index is 13.3. The Balaban J connectivity index is 1.22. The molecular weight excluding hydrogens is 539 g/mol. The molecular formula is C29H34Cl2N4O4. The number of piperazine rings is 1. The van der Waals surface area contributed by atoms with Gasteiger partial charge < -0.3 is 24.8 Å². The van der Waals surface area contributed by atoms with Crippen molar-refractivity contribution in [3.63, 3.8) is 0 Å². The van der Waals surface area contributed by atoms with Gasteiger partial charge in [0.1, 0.15) is 0 Å². The third kappa shape index (κ3) is 6.03. The fourth-order valence-electron chi connectivity index (χ4n) is 5.87. The monoisotopic (exact) mass is 572 g/mol. The Bertz CT molecular complexity index is 1200. The first-order valence-corrected chi connectivity index (χ1v) is 14.3. The van der Waals surface area contributed by atoms with Crippen LogP contribution in [0.1, 0.15) is 35.2 Å². The van der Waals surface area contributed by atoms with Crippen LogP contribution in [0.5, 0.6) is 0 Å². The molecule has 3 saturated heterocycles. The average Bonchev–Trinajstić information content (AvgIpc) is 3.34. The quantitative estimate of drug-likeness (QED) is 0.576. The predicted molar refractivity (Wildman–Crippen MR) is 151 cm³/mol. The number of ether oxygens (including phenoxy) is 1. The van der Waals surface area contributed by atoms with Crippen molar-refractivity contribution < 1.29 is 19.1 Å². The average molecular weight is 574 g/mol. The second-order valence-corrected chi connectivity index (χ2v) is 11.3. The van der Waals surface area contributed by atoms with Gasteiger partial charge in [-0.1, -0.05) is 35.3 Å². The summed E-state index contributed by atoms with van der Waals surface area (Å²) >= 11 is 13.4. The first-order valence-electron chi connectivity index (χ1n) is 13.6. The molecule has 1 atom stereocenters. The number of likely N-dealkylation sites (tertiary alicyclic amines) is 2. The van der Waals surface area contributed by atoms with Gasteiger partial charge in [0.2, 0.25) is 5.91 Å². The van der Waals surface area contributed by atoms with Crippen molar-refractivity contribution in [2.24, 2.45) is 5.92 Å². The van der Waals surface area contributed by atoms with Crippen molar-refractivity contribution in [3.05, 3.63) is 57.6 Å². The molecule has 2 aromatic carbocycles. The zero-order chi connectivity index (χ0) is 27.5. The van der Waals surface area contributed by atoms with E-state index in [4.69, 9.17) is 27.9 Å². The van der Waals surface area contributed by atoms with Gasteiger partial charge in [-0.25, -0.2) is 4.79 Å². The van der Waals surface area contributed by atoms with E-state index in [2.05, 4.69) is 5.32 Å². The lowest BCUT2D eigenvalue weighted by molar-refractivity contribution is -0.133. The summed E-state index contributed by atoms with van der Waals surface area (Å²) in [5.41, 5.74) is 3.23. The highest BCUT2D eigenvalue weighted by Crippen LogP contribution is 2.36. The van der Waals surface area contributed by atoms with Crippen LogP contribution in [0.4, 0.5) is 4.79 Å². The molecule has 3 aliphatic heterocycles. The maximum Gasteiger partial charge on any atom is 0.409 e. The number of piperidine rings is 1. The molecule has 3 heterocycles. The Morgan fingerprint density at radius 1 is 0.897 bits per heavy atom. The van der Waals surface area contributed by atoms with Crippen molar-refractivity contribution in [2.75, 3.05) is 52.9 Å². The largest absolute Gasteiger partial charge is 0.453 e. The van der Waals surface area contributed by atoms with Crippen molar-refractivity contribution in [1.29, 1.82) is 0 Å². The number of halogens is 2. The molecule has 0 bridgehead atoms. The number of amides is 3. The van der Waals surface area contributed by atoms with Crippen molar-refractivity contribution >= 4 is 41.1 Å². The summed E-state index contributed by atoms with van der Waals surface area (Å²) in [6.07, 6.45) is 2.44. The van der Waals surface area contributed by atoms with Crippen molar-refractivity contribution in [3.8, 4) is 11.1 Å². The summed E-state index contributed by atoms with van der Waals surface area (Å²) in [4.78, 5) is 43.4. The molecule has 0 radical (unpaired) electrons. The highest BCUT2D eigenvalue weighted by atomic mass is 35.5. The highest BCUT2D eigenvalue weighted by Gasteiger charge is 2.38. The molecule has 39 heavy (non-hydrogen) atoms. The smallest absolute Gasteiger partial charge is 0.409 e. The molecule has 0 spiro atoms. The number of benzene rings is 2. The normalized spacial score (nSPS) is 20.4. The number of nitrogens with zero attached hydrogens (tertiary/aromatic N) is 3. The summed E-state index contributed by atoms with van der Waals surface area (Å²) < 4.78 is 4.82. The Hall–Kier alpha value is -2.81. The minimum absolute atomic E-state index is 0.0405. The van der Waals surface area contributed by atoms with E-state index in [1.807, 2.05) is 46.2 Å². The first kappa shape index (κ1) is 27.7. The number of hydrogen-bond acceptors (Lipinski definition) is 5. The summed E-state index contributed by atoms with van der Waals surface area (Å²) in [6.45, 7) is 4.94. The number of hydrogen-bond donors (Lipinski definition) is 1. The summed E-state index contributed by atoms with van der Waals surface area (Å²) in [7, 11) is 1.39. The topological polar surface area (TPSA) is 82.2 Å². The van der Waals surface area contributed by atoms with E-state index in [1.165, 1.54) is 7.11 Å². The Morgan fingerprint density at radius 2 is 1.54 bits per heavy atom. The lowest BCUT2D eigenvalue weighted by Gasteiger charge is -2.36. The van der Waals surface area contributed by atoms with Crippen LogP contribution < -0.4 is 5.32 Å². The summed E-state index contributed by atoms with van der Waals surface area (Å²) in [6, 6.07) is 11.4. The van der Waals surface area contributed by atoms with E-state index in [9.17, 15) is 14.4 Å². The molecule has 2 aromatic rings. The summed E-state index contributed by atoms with van der Waals surface area (Å²) in [5, 5.41) is 4.34. The van der Waals surface area contributed by atoms with E-state index in [1.54, 1.807) is 4.90 Å². The second-order valence-electron chi connectivity index (χ2n) is 10.4. The molecule has 0 saturated carbocycles. The van der Waals surface area contributed by atoms with Gasteiger partial charge in [-0.05, 0) is 66.6 Å². The molecule has 0 aromatic heterocycles. The molecule has 3 amide bonds. The molecule has 3 fully saturated rings. The number of carbonyl (C=O) groups excluding carboxylic acids is 3. The van der Waals surface area contributed by atoms with E-state index < -0.39 is 0 Å². The van der Waals surface area contributed by atoms with Gasteiger partial charge in [0.25, 0.3) is 5.91 Å². The molecule has 1 N–H and O–H groups in total. The molecule has 0 aliphatic carbocycles. The van der Waals surface area contributed by atoms with Gasteiger partial charge in [-0.15, -0.1) is 0 Å². The number of methoxy groups -OCH3 is 1. The van der Waals surface area contributed by atoms with Crippen LogP contribution in [-0.2, 0) is 16.0 Å². The minimum Gasteiger partial charge on any atom is -0.453 e. The fraction of sp³-hybridized carbons (Fsp3) is 0.483. The van der Waals surface area contributed by atoms with Crippen LogP contribution in [0.25, 0.3) is 11.1 Å². The van der Waals surface area contributed by atoms with Gasteiger partial charge in [0.05, 0.1) is 7.11 Å². The SMILES string of the molecule is COC(=O)N1CCC(N2CC[C@@H](Cc3c(Cl)cc(-c4ccc(C(=O)N5CCNCC5)cc4)cc3Cl)C2=O)CC1. The van der Waals surface area contributed by atoms with Crippen LogP contribution in [0.3, 0.4) is 0 Å². The summed E-state index contributed by atoms with van der Waals surface area (Å²) in [5.74, 6) is 0.00555. The maximum atomic E-state index is 13.3. The second kappa shape index (κ2) is 12.1. The zero-order valence-corrected chi connectivity index (χ0v) is 23.6. The van der Waals surface area contributed by atoms with Crippen LogP contribution in [0.15, 0.2) is 36.4 Å². The van der Waals surface area contributed by atoms with Crippen molar-refractivity contribution in [1.82, 2.24) is 20.0 Å². The van der Waals surface area contributed by atoms with Gasteiger partial charge in [-0.2, -0.15) is 0 Å². The van der Waals surface area contributed by atoms with E-state index in [0.29, 0.717) is 54.8 Å². The number of nitrogens with one attached hydrogen (secondary N) is 1. The number of rotatable bonds is 5. The first-order chi connectivity index (χ1) is 18.9. The van der Waals surface area contributed by atoms with E-state index in [-0.39, 0.29) is 29.9 Å². The van der Waals surface area contributed by atoms with Gasteiger partial charge >= 0.3 is 6.09 Å². The van der Waals surface area contributed by atoms with Crippen LogP contribution >= 0.6 is 23.2 Å². The third-order valence-corrected chi connectivity index (χ3v) is 8.82.